The predicted octanol–water partition coefficient (Wildman–Crippen LogP) is 3.95. The Balaban J connectivity index is 3.14. The van der Waals surface area contributed by atoms with E-state index in [0.29, 0.717) is 6.42 Å². The van der Waals surface area contributed by atoms with Gasteiger partial charge < -0.3 is 5.11 Å². The molecule has 0 aliphatic rings. The number of hydrogen-bond acceptors (Lipinski definition) is 1. The van der Waals surface area contributed by atoms with E-state index in [1.807, 2.05) is 6.92 Å². The maximum Gasteiger partial charge on any atom is 0.309 e. The number of hydrogen-bond donors (Lipinski definition) is 1. The van der Waals surface area contributed by atoms with Gasteiger partial charge in [0.15, 0.2) is 0 Å². The van der Waals surface area contributed by atoms with E-state index in [1.54, 1.807) is 13.8 Å². The lowest BCUT2D eigenvalue weighted by Gasteiger charge is -2.24. The summed E-state index contributed by atoms with van der Waals surface area (Å²) in [5.41, 5.74) is 2.92. The molecule has 100 valence electrons. The van der Waals surface area contributed by atoms with Crippen molar-refractivity contribution in [3.8, 4) is 0 Å². The van der Waals surface area contributed by atoms with E-state index in [-0.39, 0.29) is 5.41 Å². The first kappa shape index (κ1) is 14.7. The van der Waals surface area contributed by atoms with Crippen LogP contribution in [0.3, 0.4) is 0 Å². The van der Waals surface area contributed by atoms with Gasteiger partial charge in [-0.1, -0.05) is 39.0 Å². The van der Waals surface area contributed by atoms with Crippen LogP contribution in [0.2, 0.25) is 0 Å². The average Bonchev–Trinajstić information content (AvgIpc) is 2.19. The van der Waals surface area contributed by atoms with Crippen LogP contribution < -0.4 is 0 Å². The molecule has 0 unspecified atom stereocenters. The summed E-state index contributed by atoms with van der Waals surface area (Å²) in [6, 6.07) is 6.38. The number of aliphatic carboxylic acids is 1. The first-order valence-electron chi connectivity index (χ1n) is 6.37. The van der Waals surface area contributed by atoms with Crippen molar-refractivity contribution in [2.45, 2.75) is 53.4 Å². The van der Waals surface area contributed by atoms with Crippen LogP contribution in [0.4, 0.5) is 0 Å². The minimum absolute atomic E-state index is 0.0931. The van der Waals surface area contributed by atoms with Crippen LogP contribution in [0.25, 0.3) is 0 Å². The van der Waals surface area contributed by atoms with E-state index in [4.69, 9.17) is 0 Å². The van der Waals surface area contributed by atoms with Gasteiger partial charge in [0.2, 0.25) is 0 Å². The molecule has 1 N–H and O–H groups in total. The van der Waals surface area contributed by atoms with Gasteiger partial charge in [0.1, 0.15) is 0 Å². The molecule has 18 heavy (non-hydrogen) atoms. The Morgan fingerprint density at radius 2 is 1.72 bits per heavy atom. The monoisotopic (exact) mass is 248 g/mol. The summed E-state index contributed by atoms with van der Waals surface area (Å²) in [4.78, 5) is 11.2. The maximum atomic E-state index is 11.2. The van der Waals surface area contributed by atoms with E-state index >= 15 is 0 Å². The number of benzene rings is 1. The predicted molar refractivity (Wildman–Crippen MR) is 75.0 cm³/mol. The van der Waals surface area contributed by atoms with Gasteiger partial charge in [-0.25, -0.2) is 0 Å². The maximum absolute atomic E-state index is 11.2. The van der Waals surface area contributed by atoms with Crippen LogP contribution >= 0.6 is 0 Å². The summed E-state index contributed by atoms with van der Waals surface area (Å²) < 4.78 is 0. The van der Waals surface area contributed by atoms with E-state index in [1.165, 1.54) is 5.56 Å². The zero-order valence-electron chi connectivity index (χ0n) is 12.3. The molecule has 0 spiro atoms. The molecule has 0 heterocycles. The van der Waals surface area contributed by atoms with Gasteiger partial charge in [-0.2, -0.15) is 0 Å². The van der Waals surface area contributed by atoms with Gasteiger partial charge in [-0.15, -0.1) is 0 Å². The van der Waals surface area contributed by atoms with Crippen LogP contribution in [0.1, 0.15) is 51.3 Å². The quantitative estimate of drug-likeness (QED) is 0.879. The van der Waals surface area contributed by atoms with Crippen molar-refractivity contribution < 1.29 is 9.90 Å². The summed E-state index contributed by atoms with van der Waals surface area (Å²) in [5, 5.41) is 9.22. The normalized spacial score (nSPS) is 12.6. The third-order valence-corrected chi connectivity index (χ3v) is 3.43. The number of rotatable bonds is 3. The van der Waals surface area contributed by atoms with E-state index < -0.39 is 11.4 Å². The Morgan fingerprint density at radius 3 is 2.17 bits per heavy atom. The van der Waals surface area contributed by atoms with Crippen LogP contribution in [-0.4, -0.2) is 11.1 Å². The fraction of sp³-hybridized carbons (Fsp3) is 0.562. The second-order valence-corrected chi connectivity index (χ2v) is 6.76. The fourth-order valence-corrected chi connectivity index (χ4v) is 1.88. The molecule has 0 aliphatic carbocycles. The first-order valence-corrected chi connectivity index (χ1v) is 6.37. The molecule has 0 aliphatic heterocycles. The van der Waals surface area contributed by atoms with Crippen LogP contribution in [0.15, 0.2) is 18.2 Å². The van der Waals surface area contributed by atoms with Crippen molar-refractivity contribution in [2.75, 3.05) is 0 Å². The van der Waals surface area contributed by atoms with Gasteiger partial charge >= 0.3 is 5.97 Å². The Bertz CT molecular complexity index is 451. The average molecular weight is 248 g/mol. The van der Waals surface area contributed by atoms with Crippen molar-refractivity contribution in [3.05, 3.63) is 34.9 Å². The van der Waals surface area contributed by atoms with Crippen molar-refractivity contribution in [3.63, 3.8) is 0 Å². The van der Waals surface area contributed by atoms with Gasteiger partial charge in [0, 0.05) is 0 Å². The number of carboxylic acid groups (broad SMARTS) is 1. The molecule has 2 nitrogen and oxygen atoms in total. The SMILES string of the molecule is Cc1ccc(C(C)(C)C)cc1CC(C)(C)C(=O)O. The van der Waals surface area contributed by atoms with Crippen LogP contribution in [0.5, 0.6) is 0 Å². The zero-order valence-corrected chi connectivity index (χ0v) is 12.3. The van der Waals surface area contributed by atoms with Crippen molar-refractivity contribution in [2.24, 2.45) is 5.41 Å². The molecule has 0 aromatic heterocycles. The molecule has 1 aromatic rings. The second-order valence-electron chi connectivity index (χ2n) is 6.76. The Morgan fingerprint density at radius 1 is 1.17 bits per heavy atom. The lowest BCUT2D eigenvalue weighted by atomic mass is 9.80. The third kappa shape index (κ3) is 3.34. The van der Waals surface area contributed by atoms with Crippen molar-refractivity contribution in [1.82, 2.24) is 0 Å². The highest BCUT2D eigenvalue weighted by atomic mass is 16.4. The highest BCUT2D eigenvalue weighted by Gasteiger charge is 2.28. The highest BCUT2D eigenvalue weighted by molar-refractivity contribution is 5.74. The molecule has 0 atom stereocenters. The molecule has 2 heteroatoms. The molecule has 0 bridgehead atoms. The molecule has 1 rings (SSSR count). The summed E-state index contributed by atoms with van der Waals surface area (Å²) >= 11 is 0. The summed E-state index contributed by atoms with van der Waals surface area (Å²) in [6.45, 7) is 12.1. The largest absolute Gasteiger partial charge is 0.481 e. The van der Waals surface area contributed by atoms with E-state index in [2.05, 4.69) is 39.0 Å². The smallest absolute Gasteiger partial charge is 0.309 e. The minimum atomic E-state index is -0.747. The molecule has 1 aromatic carbocycles. The summed E-state index contributed by atoms with van der Waals surface area (Å²) in [6.07, 6.45) is 0.568. The molecule has 0 radical (unpaired) electrons. The van der Waals surface area contributed by atoms with Crippen LogP contribution in [0, 0.1) is 12.3 Å². The summed E-state index contributed by atoms with van der Waals surface area (Å²) in [5.74, 6) is -0.747. The van der Waals surface area contributed by atoms with E-state index in [9.17, 15) is 9.90 Å². The lowest BCUT2D eigenvalue weighted by molar-refractivity contribution is -0.146. The molecular formula is C16H24O2. The molecule has 0 amide bonds. The molecule has 0 saturated carbocycles. The third-order valence-electron chi connectivity index (χ3n) is 3.43. The number of carbonyl (C=O) groups is 1. The second kappa shape index (κ2) is 4.75. The lowest BCUT2D eigenvalue weighted by Crippen LogP contribution is -2.26. The van der Waals surface area contributed by atoms with Gasteiger partial charge in [-0.3, -0.25) is 4.79 Å². The Labute approximate surface area is 110 Å². The summed E-state index contributed by atoms with van der Waals surface area (Å²) in [7, 11) is 0. The fourth-order valence-electron chi connectivity index (χ4n) is 1.88. The van der Waals surface area contributed by atoms with Crippen molar-refractivity contribution >= 4 is 5.97 Å². The Kier molecular flexibility index (Phi) is 3.89. The van der Waals surface area contributed by atoms with Crippen LogP contribution in [-0.2, 0) is 16.6 Å². The van der Waals surface area contributed by atoms with Gasteiger partial charge in [0.25, 0.3) is 0 Å². The van der Waals surface area contributed by atoms with E-state index in [0.717, 1.165) is 11.1 Å². The molecule has 0 saturated heterocycles. The first-order chi connectivity index (χ1) is 8.04. The minimum Gasteiger partial charge on any atom is -0.481 e. The topological polar surface area (TPSA) is 37.3 Å². The molecule has 0 fully saturated rings. The number of aryl methyl sites for hydroxylation is 1. The Hall–Kier alpha value is -1.31. The standard InChI is InChI=1S/C16H24O2/c1-11-7-8-13(15(2,3)4)9-12(11)10-16(5,6)14(17)18/h7-9H,10H2,1-6H3,(H,17,18). The van der Waals surface area contributed by atoms with Gasteiger partial charge in [0.05, 0.1) is 5.41 Å². The zero-order chi connectivity index (χ0) is 14.1. The van der Waals surface area contributed by atoms with Crippen molar-refractivity contribution in [1.29, 1.82) is 0 Å². The van der Waals surface area contributed by atoms with Gasteiger partial charge in [-0.05, 0) is 49.3 Å². The molecular weight excluding hydrogens is 224 g/mol. The number of carboxylic acids is 1. The highest BCUT2D eigenvalue weighted by Crippen LogP contribution is 2.29.